The third kappa shape index (κ3) is 2.64. The third-order valence-electron chi connectivity index (χ3n) is 4.48. The highest BCUT2D eigenvalue weighted by atomic mass is 19.1. The van der Waals surface area contributed by atoms with Crippen LogP contribution >= 0.6 is 0 Å². The average molecular weight is 374 g/mol. The monoisotopic (exact) mass is 374 g/mol. The highest BCUT2D eigenvalue weighted by Crippen LogP contribution is 2.27. The molecule has 4 heterocycles. The highest BCUT2D eigenvalue weighted by molar-refractivity contribution is 5.82. The van der Waals surface area contributed by atoms with Crippen molar-refractivity contribution in [2.75, 3.05) is 5.32 Å². The number of anilines is 1. The highest BCUT2D eigenvalue weighted by Gasteiger charge is 2.20. The first-order chi connectivity index (χ1) is 13.7. The number of aromatic nitrogens is 7. The van der Waals surface area contributed by atoms with Crippen LogP contribution < -0.4 is 5.32 Å². The van der Waals surface area contributed by atoms with Crippen LogP contribution in [-0.2, 0) is 0 Å². The number of fused-ring (bicyclic) bond motifs is 2. The number of nitrogens with one attached hydrogen (secondary N) is 2. The molecule has 0 unspecified atom stereocenters. The molecule has 28 heavy (non-hydrogen) atoms. The Balaban J connectivity index is 1.64. The van der Waals surface area contributed by atoms with Crippen molar-refractivity contribution in [1.29, 1.82) is 0 Å². The van der Waals surface area contributed by atoms with Gasteiger partial charge in [-0.1, -0.05) is 6.07 Å². The predicted molar refractivity (Wildman–Crippen MR) is 103 cm³/mol. The Hall–Kier alpha value is -3.88. The summed E-state index contributed by atoms with van der Waals surface area (Å²) < 4.78 is 15.8. The Bertz CT molecular complexity index is 1280. The molecule has 1 aromatic carbocycles. The molecule has 0 aliphatic heterocycles. The lowest BCUT2D eigenvalue weighted by Crippen LogP contribution is -2.14. The predicted octanol–water partition coefficient (Wildman–Crippen LogP) is 3.40. The Morgan fingerprint density at radius 2 is 2.04 bits per heavy atom. The minimum Gasteiger partial charge on any atom is -0.358 e. The van der Waals surface area contributed by atoms with E-state index in [1.54, 1.807) is 18.6 Å². The number of halogens is 1. The summed E-state index contributed by atoms with van der Waals surface area (Å²) >= 11 is 0. The van der Waals surface area contributed by atoms with Crippen molar-refractivity contribution in [2.45, 2.75) is 13.0 Å². The molecule has 0 aliphatic carbocycles. The summed E-state index contributed by atoms with van der Waals surface area (Å²) in [6.45, 7) is 1.96. The normalized spacial score (nSPS) is 12.5. The molecule has 2 N–H and O–H groups in total. The molecule has 4 aromatic heterocycles. The third-order valence-corrected chi connectivity index (χ3v) is 4.48. The first kappa shape index (κ1) is 16.3. The van der Waals surface area contributed by atoms with Gasteiger partial charge in [0.15, 0.2) is 11.5 Å². The summed E-state index contributed by atoms with van der Waals surface area (Å²) in [5.41, 5.74) is 2.61. The molecule has 0 saturated heterocycles. The van der Waals surface area contributed by atoms with Gasteiger partial charge in [-0.2, -0.15) is 0 Å². The van der Waals surface area contributed by atoms with Gasteiger partial charge in [0, 0.05) is 12.3 Å². The largest absolute Gasteiger partial charge is 0.358 e. The van der Waals surface area contributed by atoms with Gasteiger partial charge in [0.25, 0.3) is 0 Å². The van der Waals surface area contributed by atoms with Crippen molar-refractivity contribution in [3.63, 3.8) is 0 Å². The van der Waals surface area contributed by atoms with E-state index in [1.165, 1.54) is 18.5 Å². The Labute approximate surface area is 158 Å². The number of aromatic amines is 1. The van der Waals surface area contributed by atoms with E-state index < -0.39 is 0 Å². The second-order valence-electron chi connectivity index (χ2n) is 6.31. The Morgan fingerprint density at radius 3 is 2.89 bits per heavy atom. The van der Waals surface area contributed by atoms with Gasteiger partial charge in [0.1, 0.15) is 29.3 Å². The second kappa shape index (κ2) is 6.38. The van der Waals surface area contributed by atoms with Gasteiger partial charge in [0.05, 0.1) is 23.4 Å². The minimum atomic E-state index is -0.328. The van der Waals surface area contributed by atoms with Gasteiger partial charge >= 0.3 is 0 Å². The van der Waals surface area contributed by atoms with Crippen LogP contribution in [0.15, 0.2) is 55.2 Å². The molecule has 0 bridgehead atoms. The quantitative estimate of drug-likeness (QED) is 0.500. The molecule has 0 amide bonds. The van der Waals surface area contributed by atoms with E-state index >= 15 is 0 Å². The smallest absolute Gasteiger partial charge is 0.162 e. The Morgan fingerprint density at radius 1 is 1.11 bits per heavy atom. The zero-order valence-corrected chi connectivity index (χ0v) is 14.8. The maximum absolute atomic E-state index is 13.9. The molecule has 5 rings (SSSR count). The number of imidazole rings is 2. The van der Waals surface area contributed by atoms with Crippen LogP contribution in [0.4, 0.5) is 10.2 Å². The van der Waals surface area contributed by atoms with Gasteiger partial charge in [-0.25, -0.2) is 29.3 Å². The molecule has 8 nitrogen and oxygen atoms in total. The topological polar surface area (TPSA) is 97.2 Å². The number of hydrogen-bond acceptors (Lipinski definition) is 6. The van der Waals surface area contributed by atoms with E-state index in [-0.39, 0.29) is 11.9 Å². The van der Waals surface area contributed by atoms with E-state index in [4.69, 9.17) is 4.98 Å². The molecule has 0 spiro atoms. The molecular formula is C19H15FN8. The second-order valence-corrected chi connectivity index (χ2v) is 6.31. The number of hydrogen-bond donors (Lipinski definition) is 2. The average Bonchev–Trinajstić information content (AvgIpc) is 3.33. The number of benzene rings is 1. The van der Waals surface area contributed by atoms with E-state index in [9.17, 15) is 4.39 Å². The van der Waals surface area contributed by atoms with E-state index in [0.717, 1.165) is 0 Å². The van der Waals surface area contributed by atoms with Crippen molar-refractivity contribution in [1.82, 2.24) is 34.5 Å². The lowest BCUT2D eigenvalue weighted by molar-refractivity contribution is 0.629. The van der Waals surface area contributed by atoms with Crippen LogP contribution in [0.1, 0.15) is 18.8 Å². The van der Waals surface area contributed by atoms with Crippen molar-refractivity contribution >= 4 is 28.0 Å². The lowest BCUT2D eigenvalue weighted by Gasteiger charge is -2.16. The van der Waals surface area contributed by atoms with E-state index in [0.29, 0.717) is 39.7 Å². The van der Waals surface area contributed by atoms with Crippen molar-refractivity contribution in [2.24, 2.45) is 0 Å². The summed E-state index contributed by atoms with van der Waals surface area (Å²) in [4.78, 5) is 24.8. The summed E-state index contributed by atoms with van der Waals surface area (Å²) in [6, 6.07) is 9.84. The van der Waals surface area contributed by atoms with Crippen molar-refractivity contribution < 1.29 is 4.39 Å². The zero-order valence-electron chi connectivity index (χ0n) is 14.8. The number of nitrogens with zero attached hydrogens (tertiary/aromatic N) is 6. The van der Waals surface area contributed by atoms with Gasteiger partial charge in [-0.3, -0.25) is 4.57 Å². The number of rotatable bonds is 4. The number of pyridine rings is 1. The van der Waals surface area contributed by atoms with Crippen LogP contribution in [0.2, 0.25) is 0 Å². The van der Waals surface area contributed by atoms with Crippen LogP contribution in [0.5, 0.6) is 0 Å². The minimum absolute atomic E-state index is 0.257. The molecular weight excluding hydrogens is 359 g/mol. The van der Waals surface area contributed by atoms with Crippen LogP contribution in [-0.4, -0.2) is 34.5 Å². The fourth-order valence-electron chi connectivity index (χ4n) is 3.22. The van der Waals surface area contributed by atoms with Gasteiger partial charge in [-0.15, -0.1) is 0 Å². The lowest BCUT2D eigenvalue weighted by atomic mass is 10.3. The van der Waals surface area contributed by atoms with E-state index in [2.05, 4.69) is 30.2 Å². The van der Waals surface area contributed by atoms with Gasteiger partial charge in [0.2, 0.25) is 0 Å². The van der Waals surface area contributed by atoms with Crippen LogP contribution in [0, 0.1) is 5.82 Å². The fourth-order valence-corrected chi connectivity index (χ4v) is 3.22. The zero-order chi connectivity index (χ0) is 19.1. The van der Waals surface area contributed by atoms with E-state index in [1.807, 2.05) is 29.7 Å². The summed E-state index contributed by atoms with van der Waals surface area (Å²) in [5.74, 6) is 1.60. The Kier molecular flexibility index (Phi) is 3.71. The molecule has 0 aliphatic rings. The molecule has 1 atom stereocenters. The van der Waals surface area contributed by atoms with Crippen LogP contribution in [0.3, 0.4) is 0 Å². The molecule has 0 radical (unpaired) electrons. The first-order valence-electron chi connectivity index (χ1n) is 8.70. The summed E-state index contributed by atoms with van der Waals surface area (Å²) in [5, 5.41) is 3.33. The summed E-state index contributed by atoms with van der Waals surface area (Å²) in [6.07, 6.45) is 4.73. The van der Waals surface area contributed by atoms with Gasteiger partial charge < -0.3 is 10.3 Å². The van der Waals surface area contributed by atoms with Gasteiger partial charge in [-0.05, 0) is 31.2 Å². The van der Waals surface area contributed by atoms with Crippen LogP contribution in [0.25, 0.3) is 28.0 Å². The number of H-pyrrole nitrogens is 1. The molecule has 138 valence electrons. The standard InChI is InChI=1S/C19H15FN8/c1-11(26-18-16-17(23-9-22-16)24-10-25-18)19-27-13-6-5-12(20)8-14(13)28(19)15-4-2-3-7-21-15/h2-11H,1H3,(H2,22,23,24,25,26)/t11-/m1/s1. The summed E-state index contributed by atoms with van der Waals surface area (Å²) in [7, 11) is 0. The SMILES string of the molecule is C[C@@H](Nc1ncnc2[nH]cnc12)c1nc2ccc(F)cc2n1-c1ccccn1. The van der Waals surface area contributed by atoms with Crippen molar-refractivity contribution in [3.8, 4) is 5.82 Å². The first-order valence-corrected chi connectivity index (χ1v) is 8.70. The van der Waals surface area contributed by atoms with Crippen molar-refractivity contribution in [3.05, 3.63) is 66.9 Å². The fraction of sp³-hybridized carbons (Fsp3) is 0.105. The molecule has 0 saturated carbocycles. The maximum atomic E-state index is 13.9. The molecule has 5 aromatic rings. The molecule has 0 fully saturated rings. The maximum Gasteiger partial charge on any atom is 0.162 e. The molecule has 9 heteroatoms.